The number of hydrogen-bond acceptors (Lipinski definition) is 4. The summed E-state index contributed by atoms with van der Waals surface area (Å²) in [6.45, 7) is 0.0595. The fourth-order valence-corrected chi connectivity index (χ4v) is 4.56. The molecule has 0 aromatic heterocycles. The number of carbonyl (C=O) groups excluding carboxylic acids is 1. The van der Waals surface area contributed by atoms with Gasteiger partial charge >= 0.3 is 6.09 Å². The van der Waals surface area contributed by atoms with Gasteiger partial charge in [-0.2, -0.15) is 0 Å². The third kappa shape index (κ3) is 3.83. The Morgan fingerprint density at radius 1 is 1.00 bits per heavy atom. The van der Waals surface area contributed by atoms with Gasteiger partial charge in [0, 0.05) is 16.6 Å². The zero-order chi connectivity index (χ0) is 20.6. The summed E-state index contributed by atoms with van der Waals surface area (Å²) in [7, 11) is 1.08. The second-order valence-electron chi connectivity index (χ2n) is 6.53. The van der Waals surface area contributed by atoms with Crippen molar-refractivity contribution >= 4 is 31.5 Å². The van der Waals surface area contributed by atoms with E-state index in [9.17, 15) is 17.6 Å². The average molecular weight is 432 g/mol. The van der Waals surface area contributed by atoms with Crippen LogP contribution in [0.15, 0.2) is 71.6 Å². The van der Waals surface area contributed by atoms with Crippen LogP contribution in [0.3, 0.4) is 0 Å². The molecule has 0 saturated carbocycles. The summed E-state index contributed by atoms with van der Waals surface area (Å²) in [5.41, 5.74) is 4.12. The lowest BCUT2D eigenvalue weighted by molar-refractivity contribution is 0.158. The van der Waals surface area contributed by atoms with Gasteiger partial charge in [-0.15, -0.1) is 0 Å². The normalized spacial score (nSPS) is 12.9. The van der Waals surface area contributed by atoms with Crippen molar-refractivity contribution in [3.63, 3.8) is 0 Å². The summed E-state index contributed by atoms with van der Waals surface area (Å²) >= 11 is 0. The zero-order valence-electron chi connectivity index (χ0n) is 14.9. The Morgan fingerprint density at radius 2 is 1.59 bits per heavy atom. The van der Waals surface area contributed by atoms with E-state index in [-0.39, 0.29) is 18.2 Å². The van der Waals surface area contributed by atoms with Crippen molar-refractivity contribution < 1.29 is 22.3 Å². The summed E-state index contributed by atoms with van der Waals surface area (Å²) in [6, 6.07) is 18.6. The fourth-order valence-electron chi connectivity index (χ4n) is 3.55. The highest BCUT2D eigenvalue weighted by atomic mass is 35.7. The predicted molar refractivity (Wildman–Crippen MR) is 108 cm³/mol. The van der Waals surface area contributed by atoms with Gasteiger partial charge in [0.2, 0.25) is 0 Å². The molecule has 0 unspecified atom stereocenters. The first kappa shape index (κ1) is 19.4. The summed E-state index contributed by atoms with van der Waals surface area (Å²) in [6.07, 6.45) is -0.861. The molecule has 5 nitrogen and oxygen atoms in total. The predicted octanol–water partition coefficient (Wildman–Crippen LogP) is 5.11. The van der Waals surface area contributed by atoms with Crippen LogP contribution in [0, 0.1) is 5.82 Å². The molecular formula is C21H15ClFNO4S. The van der Waals surface area contributed by atoms with Crippen LogP contribution in [0.25, 0.3) is 11.1 Å². The van der Waals surface area contributed by atoms with E-state index in [0.717, 1.165) is 40.5 Å². The lowest BCUT2D eigenvalue weighted by atomic mass is 9.98. The molecule has 148 valence electrons. The van der Waals surface area contributed by atoms with Gasteiger partial charge in [-0.1, -0.05) is 48.5 Å². The van der Waals surface area contributed by atoms with Crippen molar-refractivity contribution in [3.8, 4) is 11.1 Å². The number of amides is 1. The second-order valence-corrected chi connectivity index (χ2v) is 9.06. The maximum Gasteiger partial charge on any atom is 0.411 e. The monoisotopic (exact) mass is 431 g/mol. The molecule has 4 rings (SSSR count). The number of carbonyl (C=O) groups is 1. The minimum absolute atomic E-state index is 0.0595. The first-order valence-electron chi connectivity index (χ1n) is 8.71. The average Bonchev–Trinajstić information content (AvgIpc) is 3.01. The van der Waals surface area contributed by atoms with Gasteiger partial charge in [0.05, 0.1) is 5.69 Å². The zero-order valence-corrected chi connectivity index (χ0v) is 16.5. The van der Waals surface area contributed by atoms with Crippen LogP contribution in [0.1, 0.15) is 17.0 Å². The van der Waals surface area contributed by atoms with Gasteiger partial charge < -0.3 is 4.74 Å². The van der Waals surface area contributed by atoms with Crippen LogP contribution in [0.5, 0.6) is 0 Å². The molecule has 3 aromatic rings. The van der Waals surface area contributed by atoms with E-state index in [2.05, 4.69) is 5.32 Å². The molecular weight excluding hydrogens is 417 g/mol. The largest absolute Gasteiger partial charge is 0.448 e. The summed E-state index contributed by atoms with van der Waals surface area (Å²) in [5, 5.41) is 2.32. The van der Waals surface area contributed by atoms with Gasteiger partial charge in [0.15, 0.2) is 0 Å². The Labute approximate surface area is 171 Å². The first-order chi connectivity index (χ1) is 13.8. The highest BCUT2D eigenvalue weighted by molar-refractivity contribution is 8.13. The van der Waals surface area contributed by atoms with Gasteiger partial charge in [-0.3, -0.25) is 5.32 Å². The van der Waals surface area contributed by atoms with E-state index in [1.165, 1.54) is 0 Å². The standard InChI is InChI=1S/C21H15ClFNO4S/c22-29(26,27)20-11-13(23)9-10-19(20)24-21(25)28-12-18-16-7-3-1-5-14(16)15-6-2-4-8-17(15)18/h1-11,18H,12H2,(H,24,25). The van der Waals surface area contributed by atoms with Gasteiger partial charge in [-0.25, -0.2) is 17.6 Å². The number of benzene rings is 3. The van der Waals surface area contributed by atoms with E-state index in [0.29, 0.717) is 0 Å². The Hall–Kier alpha value is -2.90. The number of nitrogens with one attached hydrogen (secondary N) is 1. The smallest absolute Gasteiger partial charge is 0.411 e. The van der Waals surface area contributed by atoms with Crippen LogP contribution < -0.4 is 5.32 Å². The van der Waals surface area contributed by atoms with E-state index in [1.807, 2.05) is 48.5 Å². The van der Waals surface area contributed by atoms with Gasteiger partial charge in [0.1, 0.15) is 17.3 Å². The summed E-state index contributed by atoms with van der Waals surface area (Å²) < 4.78 is 42.0. The van der Waals surface area contributed by atoms with Crippen molar-refractivity contribution in [2.45, 2.75) is 10.8 Å². The molecule has 0 radical (unpaired) electrons. The molecule has 8 heteroatoms. The van der Waals surface area contributed by atoms with Gasteiger partial charge in [-0.05, 0) is 40.5 Å². The molecule has 1 aliphatic rings. The van der Waals surface area contributed by atoms with E-state index < -0.39 is 25.9 Å². The third-order valence-corrected chi connectivity index (χ3v) is 6.15. The molecule has 0 bridgehead atoms. The second kappa shape index (κ2) is 7.50. The van der Waals surface area contributed by atoms with Crippen molar-refractivity contribution in [2.75, 3.05) is 11.9 Å². The van der Waals surface area contributed by atoms with Crippen LogP contribution >= 0.6 is 10.7 Å². The molecule has 1 amide bonds. The fraction of sp³-hybridized carbons (Fsp3) is 0.0952. The Kier molecular flexibility index (Phi) is 5.02. The Bertz CT molecular complexity index is 1170. The van der Waals surface area contributed by atoms with E-state index >= 15 is 0 Å². The van der Waals surface area contributed by atoms with E-state index in [1.54, 1.807) is 0 Å². The number of halogens is 2. The number of hydrogen-bond donors (Lipinski definition) is 1. The third-order valence-electron chi connectivity index (χ3n) is 4.79. The highest BCUT2D eigenvalue weighted by Gasteiger charge is 2.29. The summed E-state index contributed by atoms with van der Waals surface area (Å²) in [4.78, 5) is 11.8. The van der Waals surface area contributed by atoms with Crippen LogP contribution in [-0.2, 0) is 13.8 Å². The van der Waals surface area contributed by atoms with Crippen LogP contribution in [0.4, 0.5) is 14.9 Å². The lowest BCUT2D eigenvalue weighted by Crippen LogP contribution is -2.19. The number of fused-ring (bicyclic) bond motifs is 3. The van der Waals surface area contributed by atoms with Crippen LogP contribution in [-0.4, -0.2) is 21.1 Å². The Balaban J connectivity index is 1.53. The van der Waals surface area contributed by atoms with Crippen LogP contribution in [0.2, 0.25) is 0 Å². The molecule has 0 aliphatic heterocycles. The molecule has 1 N–H and O–H groups in total. The molecule has 1 aliphatic carbocycles. The first-order valence-corrected chi connectivity index (χ1v) is 11.0. The highest BCUT2D eigenvalue weighted by Crippen LogP contribution is 2.44. The minimum Gasteiger partial charge on any atom is -0.448 e. The van der Waals surface area contributed by atoms with E-state index in [4.69, 9.17) is 15.4 Å². The molecule has 0 heterocycles. The lowest BCUT2D eigenvalue weighted by Gasteiger charge is -2.15. The molecule has 0 atom stereocenters. The molecule has 29 heavy (non-hydrogen) atoms. The number of rotatable bonds is 4. The molecule has 0 spiro atoms. The maximum atomic E-state index is 13.4. The number of anilines is 1. The quantitative estimate of drug-likeness (QED) is 0.582. The van der Waals surface area contributed by atoms with Crippen molar-refractivity contribution in [1.29, 1.82) is 0 Å². The van der Waals surface area contributed by atoms with Gasteiger partial charge in [0.25, 0.3) is 9.05 Å². The van der Waals surface area contributed by atoms with Crippen molar-refractivity contribution in [2.24, 2.45) is 0 Å². The maximum absolute atomic E-state index is 13.4. The molecule has 0 saturated heterocycles. The Morgan fingerprint density at radius 3 is 2.17 bits per heavy atom. The minimum atomic E-state index is -4.25. The van der Waals surface area contributed by atoms with Crippen molar-refractivity contribution in [3.05, 3.63) is 83.7 Å². The molecule has 0 fully saturated rings. The topological polar surface area (TPSA) is 72.5 Å². The summed E-state index contributed by atoms with van der Waals surface area (Å²) in [5.74, 6) is -0.931. The molecule has 3 aromatic carbocycles. The number of ether oxygens (including phenoxy) is 1. The SMILES string of the molecule is O=C(Nc1ccc(F)cc1S(=O)(=O)Cl)OCC1c2ccccc2-c2ccccc21. The van der Waals surface area contributed by atoms with Crippen molar-refractivity contribution in [1.82, 2.24) is 0 Å².